The van der Waals surface area contributed by atoms with Gasteiger partial charge in [-0.15, -0.1) is 0 Å². The number of aliphatic hydroxyl groups is 1. The number of aliphatic hydroxyl groups excluding tert-OH is 1. The molecule has 1 heterocycles. The van der Waals surface area contributed by atoms with Gasteiger partial charge in [0.1, 0.15) is 5.82 Å². The van der Waals surface area contributed by atoms with Crippen LogP contribution in [0.3, 0.4) is 0 Å². The third kappa shape index (κ3) is 1.78. The number of halogens is 1. The van der Waals surface area contributed by atoms with Crippen molar-refractivity contribution >= 4 is 11.6 Å². The van der Waals surface area contributed by atoms with Crippen LogP contribution in [-0.2, 0) is 0 Å². The van der Waals surface area contributed by atoms with E-state index in [1.54, 1.807) is 0 Å². The molecule has 5 heteroatoms. The largest absolute Gasteiger partial charge is 0.398 e. The molecule has 0 spiro atoms. The smallest absolute Gasteiger partial charge is 0.256 e. The van der Waals surface area contributed by atoms with E-state index in [0.29, 0.717) is 13.1 Å². The molecule has 1 aromatic rings. The minimum atomic E-state index is -0.465. The standard InChI is InChI=1S/C10H11FN2O2/c11-6-1-2-8(9(12)3-6)10(15)13-4-7(14)5-13/h1-3,7,14H,4-5,12H2. The molecule has 0 unspecified atom stereocenters. The summed E-state index contributed by atoms with van der Waals surface area (Å²) < 4.78 is 12.7. The maximum absolute atomic E-state index is 12.7. The van der Waals surface area contributed by atoms with Crippen LogP contribution >= 0.6 is 0 Å². The number of carbonyl (C=O) groups is 1. The van der Waals surface area contributed by atoms with Crippen molar-refractivity contribution < 1.29 is 14.3 Å². The number of benzene rings is 1. The quantitative estimate of drug-likeness (QED) is 0.652. The summed E-state index contributed by atoms with van der Waals surface area (Å²) in [6.07, 6.45) is -0.448. The van der Waals surface area contributed by atoms with Gasteiger partial charge in [0.15, 0.2) is 0 Å². The van der Waals surface area contributed by atoms with Gasteiger partial charge in [0.05, 0.1) is 11.7 Å². The summed E-state index contributed by atoms with van der Waals surface area (Å²) in [6, 6.07) is 3.67. The molecule has 1 fully saturated rings. The Morgan fingerprint density at radius 1 is 1.53 bits per heavy atom. The van der Waals surface area contributed by atoms with Crippen molar-refractivity contribution in [2.45, 2.75) is 6.10 Å². The highest BCUT2D eigenvalue weighted by molar-refractivity contribution is 5.99. The zero-order chi connectivity index (χ0) is 11.0. The Morgan fingerprint density at radius 2 is 2.20 bits per heavy atom. The number of nitrogen functional groups attached to an aromatic ring is 1. The number of hydrogen-bond acceptors (Lipinski definition) is 3. The van der Waals surface area contributed by atoms with E-state index in [1.165, 1.54) is 17.0 Å². The van der Waals surface area contributed by atoms with Gasteiger partial charge in [-0.2, -0.15) is 0 Å². The first kappa shape index (κ1) is 9.92. The monoisotopic (exact) mass is 210 g/mol. The average molecular weight is 210 g/mol. The Bertz CT molecular complexity index is 402. The Labute approximate surface area is 86.1 Å². The summed E-state index contributed by atoms with van der Waals surface area (Å²) >= 11 is 0. The second kappa shape index (κ2) is 3.51. The summed E-state index contributed by atoms with van der Waals surface area (Å²) in [7, 11) is 0. The molecule has 0 atom stereocenters. The van der Waals surface area contributed by atoms with Gasteiger partial charge >= 0.3 is 0 Å². The van der Waals surface area contributed by atoms with Crippen molar-refractivity contribution in [2.24, 2.45) is 0 Å². The lowest BCUT2D eigenvalue weighted by Gasteiger charge is -2.36. The van der Waals surface area contributed by atoms with Crippen LogP contribution in [0.5, 0.6) is 0 Å². The second-order valence-corrected chi connectivity index (χ2v) is 3.60. The zero-order valence-electron chi connectivity index (χ0n) is 7.98. The Kier molecular flexibility index (Phi) is 2.32. The lowest BCUT2D eigenvalue weighted by Crippen LogP contribution is -2.53. The van der Waals surface area contributed by atoms with Crippen molar-refractivity contribution in [3.8, 4) is 0 Å². The molecule has 0 aliphatic carbocycles. The molecule has 4 nitrogen and oxygen atoms in total. The van der Waals surface area contributed by atoms with Crippen molar-refractivity contribution in [1.82, 2.24) is 4.90 Å². The molecular formula is C10H11FN2O2. The fourth-order valence-electron chi connectivity index (χ4n) is 1.52. The van der Waals surface area contributed by atoms with Gasteiger partial charge in [-0.3, -0.25) is 4.79 Å². The van der Waals surface area contributed by atoms with E-state index in [0.717, 1.165) is 6.07 Å². The Balaban J connectivity index is 2.19. The first-order chi connectivity index (χ1) is 7.08. The van der Waals surface area contributed by atoms with E-state index in [-0.39, 0.29) is 17.2 Å². The first-order valence-electron chi connectivity index (χ1n) is 4.60. The molecule has 0 saturated carbocycles. The highest BCUT2D eigenvalue weighted by Crippen LogP contribution is 2.19. The Hall–Kier alpha value is -1.62. The normalized spacial score (nSPS) is 16.3. The van der Waals surface area contributed by atoms with Crippen LogP contribution < -0.4 is 5.73 Å². The molecule has 0 bridgehead atoms. The first-order valence-corrected chi connectivity index (χ1v) is 4.60. The third-order valence-electron chi connectivity index (χ3n) is 2.39. The van der Waals surface area contributed by atoms with Crippen molar-refractivity contribution in [2.75, 3.05) is 18.8 Å². The van der Waals surface area contributed by atoms with E-state index in [2.05, 4.69) is 0 Å². The number of amides is 1. The van der Waals surface area contributed by atoms with Gasteiger partial charge in [0.2, 0.25) is 0 Å². The van der Waals surface area contributed by atoms with Gasteiger partial charge < -0.3 is 15.7 Å². The highest BCUT2D eigenvalue weighted by Gasteiger charge is 2.30. The molecule has 2 rings (SSSR count). The molecule has 80 valence electrons. The number of rotatable bonds is 1. The average Bonchev–Trinajstić information content (AvgIpc) is 2.12. The van der Waals surface area contributed by atoms with Crippen molar-refractivity contribution in [1.29, 1.82) is 0 Å². The summed E-state index contributed by atoms with van der Waals surface area (Å²) in [4.78, 5) is 13.2. The Morgan fingerprint density at radius 3 is 2.73 bits per heavy atom. The van der Waals surface area contributed by atoms with Gasteiger partial charge in [-0.05, 0) is 18.2 Å². The summed E-state index contributed by atoms with van der Waals surface area (Å²) in [5, 5.41) is 9.04. The minimum absolute atomic E-state index is 0.126. The number of nitrogens with zero attached hydrogens (tertiary/aromatic N) is 1. The molecule has 1 aliphatic heterocycles. The lowest BCUT2D eigenvalue weighted by molar-refractivity contribution is 0.00596. The fourth-order valence-corrected chi connectivity index (χ4v) is 1.52. The van der Waals surface area contributed by atoms with Crippen LogP contribution in [0.15, 0.2) is 18.2 Å². The number of anilines is 1. The predicted octanol–water partition coefficient (Wildman–Crippen LogP) is 0.225. The lowest BCUT2D eigenvalue weighted by atomic mass is 10.1. The molecule has 0 aromatic heterocycles. The van der Waals surface area contributed by atoms with E-state index in [1.807, 2.05) is 0 Å². The number of likely N-dealkylation sites (tertiary alicyclic amines) is 1. The maximum atomic E-state index is 12.7. The van der Waals surface area contributed by atoms with Crippen molar-refractivity contribution in [3.05, 3.63) is 29.6 Å². The van der Waals surface area contributed by atoms with Crippen LogP contribution in [0.1, 0.15) is 10.4 Å². The fraction of sp³-hybridized carbons (Fsp3) is 0.300. The van der Waals surface area contributed by atoms with E-state index in [9.17, 15) is 9.18 Å². The number of hydrogen-bond donors (Lipinski definition) is 2. The van der Waals surface area contributed by atoms with Crippen molar-refractivity contribution in [3.63, 3.8) is 0 Å². The molecule has 15 heavy (non-hydrogen) atoms. The van der Waals surface area contributed by atoms with E-state index < -0.39 is 11.9 Å². The van der Waals surface area contributed by atoms with E-state index in [4.69, 9.17) is 10.8 Å². The SMILES string of the molecule is Nc1cc(F)ccc1C(=O)N1CC(O)C1. The van der Waals surface area contributed by atoms with E-state index >= 15 is 0 Å². The zero-order valence-corrected chi connectivity index (χ0v) is 7.98. The summed E-state index contributed by atoms with van der Waals surface area (Å²) in [5.41, 5.74) is 5.93. The van der Waals surface area contributed by atoms with Gasteiger partial charge in [0.25, 0.3) is 5.91 Å². The van der Waals surface area contributed by atoms with Crippen LogP contribution in [-0.4, -0.2) is 35.1 Å². The van der Waals surface area contributed by atoms with Crippen LogP contribution in [0.25, 0.3) is 0 Å². The molecule has 1 aliphatic rings. The molecular weight excluding hydrogens is 199 g/mol. The second-order valence-electron chi connectivity index (χ2n) is 3.60. The molecule has 3 N–H and O–H groups in total. The molecule has 1 amide bonds. The molecule has 1 aromatic carbocycles. The minimum Gasteiger partial charge on any atom is -0.398 e. The topological polar surface area (TPSA) is 66.6 Å². The van der Waals surface area contributed by atoms with Gasteiger partial charge in [-0.25, -0.2) is 4.39 Å². The highest BCUT2D eigenvalue weighted by atomic mass is 19.1. The molecule has 0 radical (unpaired) electrons. The number of nitrogens with two attached hydrogens (primary N) is 1. The maximum Gasteiger partial charge on any atom is 0.256 e. The van der Waals surface area contributed by atoms with Gasteiger partial charge in [-0.1, -0.05) is 0 Å². The number of β-amino-alcohol motifs (C(OH)–C–C–N with tert-alkyl or cyclic N) is 1. The third-order valence-corrected chi connectivity index (χ3v) is 2.39. The van der Waals surface area contributed by atoms with Crippen LogP contribution in [0.2, 0.25) is 0 Å². The summed E-state index contributed by atoms with van der Waals surface area (Å²) in [5.74, 6) is -0.731. The molecule has 1 saturated heterocycles. The van der Waals surface area contributed by atoms with Gasteiger partial charge in [0, 0.05) is 18.8 Å². The summed E-state index contributed by atoms with van der Waals surface area (Å²) in [6.45, 7) is 0.630. The predicted molar refractivity (Wildman–Crippen MR) is 52.7 cm³/mol. The number of carbonyl (C=O) groups excluding carboxylic acids is 1. The van der Waals surface area contributed by atoms with Crippen LogP contribution in [0, 0.1) is 5.82 Å². The van der Waals surface area contributed by atoms with Crippen LogP contribution in [0.4, 0.5) is 10.1 Å².